The maximum Gasteiger partial charge on any atom is 0.231 e. The van der Waals surface area contributed by atoms with Gasteiger partial charge < -0.3 is 10.1 Å². The number of thioether (sulfide) groups is 1. The number of aromatic amines is 1. The standard InChI is InChI=1S/C19H19N5O2S/c1-12(13-7-3-6-10-16(13)26-2)20-17(25)11-27-19-23-22-18-21-14-8-4-5-9-15(14)24(18)19/h3-10,12H,11H2,1-2H3,(H,20,25)(H,21,22). The highest BCUT2D eigenvalue weighted by atomic mass is 32.2. The number of methoxy groups -OCH3 is 1. The van der Waals surface area contributed by atoms with E-state index in [-0.39, 0.29) is 17.7 Å². The molecule has 1 atom stereocenters. The third kappa shape index (κ3) is 3.35. The van der Waals surface area contributed by atoms with Crippen LogP contribution < -0.4 is 10.1 Å². The average molecular weight is 381 g/mol. The van der Waals surface area contributed by atoms with Gasteiger partial charge in [-0.2, -0.15) is 0 Å². The van der Waals surface area contributed by atoms with Gasteiger partial charge in [-0.3, -0.25) is 9.20 Å². The third-order valence-electron chi connectivity index (χ3n) is 4.32. The Morgan fingerprint density at radius 1 is 1.26 bits per heavy atom. The maximum atomic E-state index is 12.4. The van der Waals surface area contributed by atoms with E-state index in [1.54, 1.807) is 7.11 Å². The van der Waals surface area contributed by atoms with Crippen LogP contribution in [0.3, 0.4) is 0 Å². The van der Waals surface area contributed by atoms with Crippen molar-refractivity contribution in [1.29, 1.82) is 0 Å². The fourth-order valence-corrected chi connectivity index (χ4v) is 3.82. The first-order valence-electron chi connectivity index (χ1n) is 8.54. The van der Waals surface area contributed by atoms with Crippen molar-refractivity contribution >= 4 is 34.5 Å². The number of imidazole rings is 1. The average Bonchev–Trinajstić information content (AvgIpc) is 3.25. The molecule has 2 aromatic heterocycles. The predicted molar refractivity (Wildman–Crippen MR) is 105 cm³/mol. The zero-order chi connectivity index (χ0) is 18.8. The third-order valence-corrected chi connectivity index (χ3v) is 5.26. The number of rotatable bonds is 6. The summed E-state index contributed by atoms with van der Waals surface area (Å²) < 4.78 is 7.29. The Hall–Kier alpha value is -3.00. The highest BCUT2D eigenvalue weighted by Gasteiger charge is 2.16. The maximum absolute atomic E-state index is 12.4. The summed E-state index contributed by atoms with van der Waals surface area (Å²) in [7, 11) is 1.63. The number of aromatic nitrogens is 4. The van der Waals surface area contributed by atoms with E-state index in [4.69, 9.17) is 4.74 Å². The minimum absolute atomic E-state index is 0.0704. The number of fused-ring (bicyclic) bond motifs is 3. The predicted octanol–water partition coefficient (Wildman–Crippen LogP) is 3.19. The van der Waals surface area contributed by atoms with E-state index in [1.807, 2.05) is 59.9 Å². The number of H-pyrrole nitrogens is 1. The second-order valence-corrected chi connectivity index (χ2v) is 7.03. The molecule has 0 spiro atoms. The molecule has 8 heteroatoms. The highest BCUT2D eigenvalue weighted by molar-refractivity contribution is 7.99. The second-order valence-electron chi connectivity index (χ2n) is 6.09. The van der Waals surface area contributed by atoms with Crippen LogP contribution in [-0.4, -0.2) is 38.4 Å². The van der Waals surface area contributed by atoms with Crippen molar-refractivity contribution in [3.63, 3.8) is 0 Å². The lowest BCUT2D eigenvalue weighted by Crippen LogP contribution is -2.28. The molecule has 0 aliphatic rings. The van der Waals surface area contributed by atoms with Crippen LogP contribution in [0.4, 0.5) is 0 Å². The molecule has 2 N–H and O–H groups in total. The van der Waals surface area contributed by atoms with Gasteiger partial charge in [-0.1, -0.05) is 42.1 Å². The van der Waals surface area contributed by atoms with Crippen LogP contribution in [0, 0.1) is 0 Å². The van der Waals surface area contributed by atoms with Gasteiger partial charge in [0.25, 0.3) is 0 Å². The summed E-state index contributed by atoms with van der Waals surface area (Å²) in [5.41, 5.74) is 2.80. The van der Waals surface area contributed by atoms with E-state index in [0.717, 1.165) is 22.3 Å². The van der Waals surface area contributed by atoms with Crippen molar-refractivity contribution in [2.75, 3.05) is 12.9 Å². The zero-order valence-electron chi connectivity index (χ0n) is 15.0. The fraction of sp³-hybridized carbons (Fsp3) is 0.211. The Morgan fingerprint density at radius 3 is 2.89 bits per heavy atom. The van der Waals surface area contributed by atoms with Crippen molar-refractivity contribution < 1.29 is 9.53 Å². The van der Waals surface area contributed by atoms with E-state index < -0.39 is 0 Å². The molecule has 1 amide bonds. The normalized spacial score (nSPS) is 12.4. The molecule has 4 aromatic rings. The van der Waals surface area contributed by atoms with Gasteiger partial charge >= 0.3 is 0 Å². The Bertz CT molecular complexity index is 1100. The quantitative estimate of drug-likeness (QED) is 0.501. The molecule has 1 unspecified atom stereocenters. The number of carbonyl (C=O) groups is 1. The number of benzene rings is 2. The van der Waals surface area contributed by atoms with Crippen LogP contribution in [-0.2, 0) is 4.79 Å². The van der Waals surface area contributed by atoms with Gasteiger partial charge in [-0.15, -0.1) is 5.10 Å². The first-order valence-corrected chi connectivity index (χ1v) is 9.52. The van der Waals surface area contributed by atoms with Crippen LogP contribution in [0.5, 0.6) is 5.75 Å². The van der Waals surface area contributed by atoms with E-state index in [0.29, 0.717) is 10.9 Å². The van der Waals surface area contributed by atoms with Crippen molar-refractivity contribution in [2.45, 2.75) is 18.1 Å². The second kappa shape index (κ2) is 7.32. The lowest BCUT2D eigenvalue weighted by atomic mass is 10.1. The number of ether oxygens (including phenoxy) is 1. The Morgan fingerprint density at radius 2 is 2.04 bits per heavy atom. The lowest BCUT2D eigenvalue weighted by Gasteiger charge is -2.17. The van der Waals surface area contributed by atoms with Gasteiger partial charge in [0.15, 0.2) is 5.16 Å². The molecule has 0 bridgehead atoms. The van der Waals surface area contributed by atoms with E-state index in [1.165, 1.54) is 11.8 Å². The summed E-state index contributed by atoms with van der Waals surface area (Å²) in [5, 5.41) is 10.9. The topological polar surface area (TPSA) is 84.3 Å². The minimum atomic E-state index is -0.150. The number of para-hydroxylation sites is 3. The number of carbonyl (C=O) groups excluding carboxylic acids is 1. The number of amides is 1. The van der Waals surface area contributed by atoms with Crippen LogP contribution in [0.2, 0.25) is 0 Å². The van der Waals surface area contributed by atoms with Gasteiger partial charge in [0.05, 0.1) is 29.9 Å². The molecule has 0 saturated heterocycles. The van der Waals surface area contributed by atoms with Gasteiger partial charge in [-0.05, 0) is 25.1 Å². The molecule has 0 fully saturated rings. The minimum Gasteiger partial charge on any atom is -0.496 e. The molecule has 2 aromatic carbocycles. The molecule has 138 valence electrons. The monoisotopic (exact) mass is 381 g/mol. The molecule has 2 heterocycles. The van der Waals surface area contributed by atoms with Crippen molar-refractivity contribution in [2.24, 2.45) is 0 Å². The summed E-state index contributed by atoms with van der Waals surface area (Å²) in [6.07, 6.45) is 0. The zero-order valence-corrected chi connectivity index (χ0v) is 15.8. The molecule has 27 heavy (non-hydrogen) atoms. The lowest BCUT2D eigenvalue weighted by molar-refractivity contribution is -0.119. The molecular weight excluding hydrogens is 362 g/mol. The Kier molecular flexibility index (Phi) is 4.72. The van der Waals surface area contributed by atoms with Crippen molar-refractivity contribution in [3.05, 3.63) is 54.1 Å². The number of hydrogen-bond acceptors (Lipinski definition) is 5. The summed E-state index contributed by atoms with van der Waals surface area (Å²) in [6, 6.07) is 15.4. The van der Waals surface area contributed by atoms with Gasteiger partial charge in [-0.25, -0.2) is 10.1 Å². The van der Waals surface area contributed by atoms with Gasteiger partial charge in [0, 0.05) is 5.56 Å². The molecule has 0 saturated carbocycles. The molecule has 4 rings (SSSR count). The summed E-state index contributed by atoms with van der Waals surface area (Å²) in [4.78, 5) is 16.9. The SMILES string of the molecule is COc1ccccc1C(C)NC(=O)CSc1n[nH]c2nc3ccccc3n12. The van der Waals surface area contributed by atoms with Crippen LogP contribution in [0.15, 0.2) is 53.7 Å². The molecule has 0 aliphatic heterocycles. The van der Waals surface area contributed by atoms with Crippen LogP contribution in [0.1, 0.15) is 18.5 Å². The van der Waals surface area contributed by atoms with Crippen LogP contribution >= 0.6 is 11.8 Å². The van der Waals surface area contributed by atoms with E-state index >= 15 is 0 Å². The van der Waals surface area contributed by atoms with Crippen molar-refractivity contribution in [1.82, 2.24) is 24.9 Å². The summed E-state index contributed by atoms with van der Waals surface area (Å²) in [6.45, 7) is 1.94. The molecule has 0 radical (unpaired) electrons. The number of nitrogens with zero attached hydrogens (tertiary/aromatic N) is 3. The molecule has 7 nitrogen and oxygen atoms in total. The Labute approximate surface area is 160 Å². The molecule has 0 aliphatic carbocycles. The highest BCUT2D eigenvalue weighted by Crippen LogP contribution is 2.25. The van der Waals surface area contributed by atoms with Gasteiger partial charge in [0.1, 0.15) is 5.75 Å². The summed E-state index contributed by atoms with van der Waals surface area (Å²) >= 11 is 1.37. The largest absolute Gasteiger partial charge is 0.496 e. The first-order chi connectivity index (χ1) is 13.2. The summed E-state index contributed by atoms with van der Waals surface area (Å²) in [5.74, 6) is 1.61. The smallest absolute Gasteiger partial charge is 0.231 e. The van der Waals surface area contributed by atoms with E-state index in [2.05, 4.69) is 20.5 Å². The number of hydrogen-bond donors (Lipinski definition) is 2. The molecular formula is C19H19N5O2S. The van der Waals surface area contributed by atoms with Gasteiger partial charge in [0.2, 0.25) is 11.7 Å². The fourth-order valence-electron chi connectivity index (χ4n) is 3.05. The van der Waals surface area contributed by atoms with Crippen LogP contribution in [0.25, 0.3) is 16.8 Å². The Balaban J connectivity index is 1.46. The van der Waals surface area contributed by atoms with E-state index in [9.17, 15) is 4.79 Å². The number of nitrogens with one attached hydrogen (secondary N) is 2. The van der Waals surface area contributed by atoms with Crippen molar-refractivity contribution in [3.8, 4) is 5.75 Å². The first kappa shape index (κ1) is 17.4.